The van der Waals surface area contributed by atoms with Gasteiger partial charge in [0.1, 0.15) is 6.10 Å². The highest BCUT2D eigenvalue weighted by Crippen LogP contribution is 2.33. The molecule has 7 heteroatoms. The van der Waals surface area contributed by atoms with Gasteiger partial charge >= 0.3 is 6.18 Å². The molecular weight excluding hydrogens is 237 g/mol. The molecule has 2 unspecified atom stereocenters. The molecule has 0 fully saturated rings. The van der Waals surface area contributed by atoms with Crippen LogP contribution in [-0.4, -0.2) is 16.3 Å². The third kappa shape index (κ3) is 2.87. The summed E-state index contributed by atoms with van der Waals surface area (Å²) in [7, 11) is 0. The molecule has 0 aliphatic carbocycles. The normalized spacial score (nSPS) is 15.1. The van der Waals surface area contributed by atoms with Crippen LogP contribution in [0.1, 0.15) is 17.2 Å². The molecule has 1 aromatic carbocycles. The highest BCUT2D eigenvalue weighted by atomic mass is 19.4. The molecule has 0 amide bonds. The number of hydrogen-bond acceptors (Lipinski definition) is 4. The summed E-state index contributed by atoms with van der Waals surface area (Å²) >= 11 is 0. The molecule has 0 radical (unpaired) electrons. The van der Waals surface area contributed by atoms with Crippen molar-refractivity contribution in [2.24, 2.45) is 0 Å². The van der Waals surface area contributed by atoms with Gasteiger partial charge in [0.2, 0.25) is 0 Å². The van der Waals surface area contributed by atoms with Crippen molar-refractivity contribution in [3.05, 3.63) is 29.3 Å². The van der Waals surface area contributed by atoms with Crippen LogP contribution in [0.3, 0.4) is 0 Å². The number of aliphatic hydroxyl groups is 2. The molecule has 0 aliphatic heterocycles. The van der Waals surface area contributed by atoms with E-state index in [9.17, 15) is 18.3 Å². The molecule has 4 nitrogen and oxygen atoms in total. The molecule has 0 aliphatic rings. The summed E-state index contributed by atoms with van der Waals surface area (Å²) in [4.78, 5) is 0. The smallest absolute Gasteiger partial charge is 0.398 e. The van der Waals surface area contributed by atoms with Gasteiger partial charge in [-0.3, -0.25) is 0 Å². The quantitative estimate of drug-likeness (QED) is 0.540. The number of rotatable bonds is 2. The summed E-state index contributed by atoms with van der Waals surface area (Å²) in [5, 5.41) is 26.9. The van der Waals surface area contributed by atoms with Gasteiger partial charge in [0.15, 0.2) is 6.10 Å². The van der Waals surface area contributed by atoms with E-state index in [0.29, 0.717) is 6.07 Å². The summed E-state index contributed by atoms with van der Waals surface area (Å²) in [6.45, 7) is 0. The summed E-state index contributed by atoms with van der Waals surface area (Å²) in [6, 6.07) is 3.65. The van der Waals surface area contributed by atoms with Crippen LogP contribution in [0, 0.1) is 11.3 Å². The Kier molecular flexibility index (Phi) is 3.60. The van der Waals surface area contributed by atoms with Gasteiger partial charge in [-0.25, -0.2) is 0 Å². The second kappa shape index (κ2) is 4.61. The first kappa shape index (κ1) is 13.3. The Morgan fingerprint density at radius 2 is 1.88 bits per heavy atom. The number of benzene rings is 1. The minimum absolute atomic E-state index is 0.125. The minimum atomic E-state index is -4.58. The Bertz CT molecular complexity index is 454. The van der Waals surface area contributed by atoms with Gasteiger partial charge in [0.25, 0.3) is 0 Å². The molecule has 0 bridgehead atoms. The van der Waals surface area contributed by atoms with E-state index >= 15 is 0 Å². The zero-order valence-corrected chi connectivity index (χ0v) is 8.44. The van der Waals surface area contributed by atoms with Crippen molar-refractivity contribution in [1.82, 2.24) is 0 Å². The van der Waals surface area contributed by atoms with Crippen molar-refractivity contribution in [3.8, 4) is 6.07 Å². The Morgan fingerprint density at radius 3 is 2.35 bits per heavy atom. The molecule has 0 saturated heterocycles. The molecule has 2 atom stereocenters. The monoisotopic (exact) mass is 246 g/mol. The Hall–Kier alpha value is -1.78. The molecule has 1 rings (SSSR count). The van der Waals surface area contributed by atoms with Crippen molar-refractivity contribution in [3.63, 3.8) is 0 Å². The van der Waals surface area contributed by atoms with Crippen LogP contribution >= 0.6 is 0 Å². The molecular formula is C10H9F3N2O2. The maximum atomic E-state index is 12.4. The van der Waals surface area contributed by atoms with E-state index in [1.54, 1.807) is 0 Å². The molecule has 17 heavy (non-hydrogen) atoms. The van der Waals surface area contributed by atoms with Crippen molar-refractivity contribution in [1.29, 1.82) is 5.26 Å². The molecule has 0 aromatic heterocycles. The predicted molar refractivity (Wildman–Crippen MR) is 52.4 cm³/mol. The number of hydrogen-bond donors (Lipinski definition) is 3. The van der Waals surface area contributed by atoms with E-state index in [4.69, 9.17) is 16.1 Å². The molecule has 0 spiro atoms. The fourth-order valence-electron chi connectivity index (χ4n) is 1.25. The van der Waals surface area contributed by atoms with Crippen LogP contribution in [0.15, 0.2) is 18.2 Å². The standard InChI is InChI=1S/C10H9F3N2O2/c11-10(12,13)5-1-2-7(15)6(3-5)9(17)8(16)4-14/h1-3,8-9,16-17H,15H2. The average Bonchev–Trinajstić information content (AvgIpc) is 2.26. The van der Waals surface area contributed by atoms with Crippen LogP contribution in [-0.2, 0) is 6.18 Å². The lowest BCUT2D eigenvalue weighted by molar-refractivity contribution is -0.137. The highest BCUT2D eigenvalue weighted by molar-refractivity contribution is 5.51. The number of nitriles is 1. The fraction of sp³-hybridized carbons (Fsp3) is 0.300. The van der Waals surface area contributed by atoms with Gasteiger partial charge in [-0.05, 0) is 18.2 Å². The van der Waals surface area contributed by atoms with Crippen molar-refractivity contribution < 1.29 is 23.4 Å². The summed E-state index contributed by atoms with van der Waals surface area (Å²) in [6.07, 6.45) is -8.19. The first-order chi connectivity index (χ1) is 7.77. The molecule has 92 valence electrons. The molecule has 1 aromatic rings. The number of nitrogens with two attached hydrogens (primary N) is 1. The number of nitrogens with zero attached hydrogens (tertiary/aromatic N) is 1. The van der Waals surface area contributed by atoms with Crippen LogP contribution in [0.2, 0.25) is 0 Å². The maximum absolute atomic E-state index is 12.4. The Balaban J connectivity index is 3.21. The predicted octanol–water partition coefficient (Wildman–Crippen LogP) is 1.21. The van der Waals surface area contributed by atoms with Gasteiger partial charge in [-0.1, -0.05) is 0 Å². The van der Waals surface area contributed by atoms with Gasteiger partial charge in [-0.15, -0.1) is 0 Å². The van der Waals surface area contributed by atoms with E-state index < -0.39 is 23.9 Å². The fourth-order valence-corrected chi connectivity index (χ4v) is 1.25. The zero-order valence-electron chi connectivity index (χ0n) is 8.44. The van der Waals surface area contributed by atoms with Crippen LogP contribution in [0.4, 0.5) is 18.9 Å². The van der Waals surface area contributed by atoms with Crippen LogP contribution < -0.4 is 5.73 Å². The number of alkyl halides is 3. The van der Waals surface area contributed by atoms with Crippen molar-refractivity contribution in [2.45, 2.75) is 18.4 Å². The SMILES string of the molecule is N#CC(O)C(O)c1cc(C(F)(F)F)ccc1N. The van der Waals surface area contributed by atoms with Crippen molar-refractivity contribution >= 4 is 5.69 Å². The average molecular weight is 246 g/mol. The second-order valence-electron chi connectivity index (χ2n) is 3.36. The van der Waals surface area contributed by atoms with Crippen LogP contribution in [0.5, 0.6) is 0 Å². The first-order valence-electron chi connectivity index (χ1n) is 4.49. The lowest BCUT2D eigenvalue weighted by atomic mass is 10.0. The third-order valence-corrected chi connectivity index (χ3v) is 2.16. The lowest BCUT2D eigenvalue weighted by Crippen LogP contribution is -2.18. The zero-order chi connectivity index (χ0) is 13.2. The molecule has 0 heterocycles. The Morgan fingerprint density at radius 1 is 1.29 bits per heavy atom. The lowest BCUT2D eigenvalue weighted by Gasteiger charge is -2.16. The van der Waals surface area contributed by atoms with Gasteiger partial charge in [0.05, 0.1) is 11.6 Å². The number of halogens is 3. The molecule has 4 N–H and O–H groups in total. The number of aliphatic hydroxyl groups excluding tert-OH is 2. The largest absolute Gasteiger partial charge is 0.416 e. The van der Waals surface area contributed by atoms with Crippen molar-refractivity contribution in [2.75, 3.05) is 5.73 Å². The number of anilines is 1. The van der Waals surface area contributed by atoms with Gasteiger partial charge in [-0.2, -0.15) is 18.4 Å². The topological polar surface area (TPSA) is 90.3 Å². The Labute approximate surface area is 94.7 Å². The summed E-state index contributed by atoms with van der Waals surface area (Å²) in [5.41, 5.74) is 3.92. The van der Waals surface area contributed by atoms with Gasteiger partial charge < -0.3 is 15.9 Å². The summed E-state index contributed by atoms with van der Waals surface area (Å²) in [5.74, 6) is 0. The maximum Gasteiger partial charge on any atom is 0.416 e. The third-order valence-electron chi connectivity index (χ3n) is 2.16. The van der Waals surface area contributed by atoms with E-state index in [1.165, 1.54) is 6.07 Å². The molecule has 0 saturated carbocycles. The van der Waals surface area contributed by atoms with E-state index in [2.05, 4.69) is 0 Å². The van der Waals surface area contributed by atoms with E-state index in [-0.39, 0.29) is 11.3 Å². The minimum Gasteiger partial charge on any atom is -0.398 e. The van der Waals surface area contributed by atoms with E-state index in [0.717, 1.165) is 12.1 Å². The number of nitrogen functional groups attached to an aromatic ring is 1. The first-order valence-corrected chi connectivity index (χ1v) is 4.49. The van der Waals surface area contributed by atoms with Gasteiger partial charge in [0, 0.05) is 11.3 Å². The highest BCUT2D eigenvalue weighted by Gasteiger charge is 2.32. The summed E-state index contributed by atoms with van der Waals surface area (Å²) < 4.78 is 37.2. The van der Waals surface area contributed by atoms with E-state index in [1.807, 2.05) is 0 Å². The second-order valence-corrected chi connectivity index (χ2v) is 3.36. The van der Waals surface area contributed by atoms with Crippen LogP contribution in [0.25, 0.3) is 0 Å².